The van der Waals surface area contributed by atoms with Crippen molar-refractivity contribution in [2.75, 3.05) is 0 Å². The minimum atomic E-state index is -5.23. The maximum Gasteiger partial charge on any atom is 0.573 e. The number of aliphatic carboxylic acids is 1. The van der Waals surface area contributed by atoms with E-state index >= 15 is 0 Å². The van der Waals surface area contributed by atoms with Crippen LogP contribution in [0.25, 0.3) is 0 Å². The van der Waals surface area contributed by atoms with Crippen LogP contribution in [0, 0.1) is 0 Å². The fourth-order valence-corrected chi connectivity index (χ4v) is 1.64. The maximum absolute atomic E-state index is 12.9. The van der Waals surface area contributed by atoms with Crippen molar-refractivity contribution in [3.05, 3.63) is 23.0 Å². The van der Waals surface area contributed by atoms with Gasteiger partial charge in [-0.1, -0.05) is 0 Å². The van der Waals surface area contributed by atoms with Crippen molar-refractivity contribution >= 4 is 17.6 Å². The molecule has 0 atom stereocenters. The summed E-state index contributed by atoms with van der Waals surface area (Å²) >= 11 is 5.32. The normalized spacial score (nSPS) is 11.8. The predicted octanol–water partition coefficient (Wildman–Crippen LogP) is 3.28. The lowest BCUT2D eigenvalue weighted by atomic mass is 10.1. The molecule has 0 aliphatic carbocycles. The van der Waals surface area contributed by atoms with Crippen LogP contribution in [0.2, 0.25) is 0 Å². The van der Waals surface area contributed by atoms with Crippen LogP contribution in [-0.4, -0.2) is 22.4 Å². The van der Waals surface area contributed by atoms with E-state index in [9.17, 15) is 26.7 Å². The lowest BCUT2D eigenvalue weighted by Gasteiger charge is -2.17. The molecular weight excluding hydrogens is 313 g/mol. The number of rotatable bonds is 5. The number of carboxylic acid groups (broad SMARTS) is 1. The number of hydrogen-bond donors (Lipinski definition) is 1. The molecule has 1 aromatic rings. The van der Waals surface area contributed by atoms with Gasteiger partial charge in [-0.25, -0.2) is 8.78 Å². The van der Waals surface area contributed by atoms with Crippen molar-refractivity contribution in [3.63, 3.8) is 0 Å². The van der Waals surface area contributed by atoms with E-state index in [4.69, 9.17) is 16.7 Å². The van der Waals surface area contributed by atoms with Gasteiger partial charge in [0.25, 0.3) is 6.43 Å². The summed E-state index contributed by atoms with van der Waals surface area (Å²) in [7, 11) is 0. The highest BCUT2D eigenvalue weighted by molar-refractivity contribution is 6.17. The topological polar surface area (TPSA) is 59.4 Å². The Morgan fingerprint density at radius 1 is 1.45 bits per heavy atom. The standard InChI is InChI=1S/C10H7ClF5NO3/c11-2-5-8(20-10(14,15)16)7(9(12)13)4(3-17-5)1-6(18)19/h3,9H,1-2H2,(H,18,19). The van der Waals surface area contributed by atoms with Gasteiger partial charge in [0.15, 0.2) is 5.75 Å². The van der Waals surface area contributed by atoms with E-state index in [1.54, 1.807) is 0 Å². The van der Waals surface area contributed by atoms with Crippen LogP contribution in [-0.2, 0) is 17.1 Å². The number of nitrogens with zero attached hydrogens (tertiary/aromatic N) is 1. The Hall–Kier alpha value is -1.64. The Bertz CT molecular complexity index is 506. The monoisotopic (exact) mass is 319 g/mol. The van der Waals surface area contributed by atoms with Crippen molar-refractivity contribution in [2.45, 2.75) is 25.1 Å². The Labute approximate surface area is 114 Å². The van der Waals surface area contributed by atoms with E-state index in [0.717, 1.165) is 6.20 Å². The Kier molecular flexibility index (Phi) is 5.09. The molecule has 1 rings (SSSR count). The minimum Gasteiger partial charge on any atom is -0.481 e. The number of pyridine rings is 1. The number of aromatic nitrogens is 1. The highest BCUT2D eigenvalue weighted by Crippen LogP contribution is 2.38. The molecule has 0 aliphatic rings. The minimum absolute atomic E-state index is 0.548. The molecule has 0 bridgehead atoms. The molecule has 0 saturated carbocycles. The Morgan fingerprint density at radius 3 is 2.45 bits per heavy atom. The molecule has 0 unspecified atom stereocenters. The molecule has 0 aromatic carbocycles. The molecule has 112 valence electrons. The molecule has 4 nitrogen and oxygen atoms in total. The van der Waals surface area contributed by atoms with Crippen LogP contribution >= 0.6 is 11.6 Å². The number of halogens is 6. The van der Waals surface area contributed by atoms with Gasteiger partial charge in [0.1, 0.15) is 0 Å². The summed E-state index contributed by atoms with van der Waals surface area (Å²) in [5.41, 5.74) is -2.29. The van der Waals surface area contributed by atoms with E-state index < -0.39 is 53.6 Å². The number of alkyl halides is 6. The molecule has 0 spiro atoms. The third kappa shape index (κ3) is 4.19. The van der Waals surface area contributed by atoms with Gasteiger partial charge in [-0.05, 0) is 5.56 Å². The molecular formula is C10H7ClF5NO3. The summed E-state index contributed by atoms with van der Waals surface area (Å²) < 4.78 is 66.1. The third-order valence-electron chi connectivity index (χ3n) is 2.13. The summed E-state index contributed by atoms with van der Waals surface area (Å²) in [4.78, 5) is 14.0. The molecule has 1 aromatic heterocycles. The number of carboxylic acids is 1. The summed E-state index contributed by atoms with van der Waals surface area (Å²) in [6.45, 7) is 0. The zero-order chi connectivity index (χ0) is 15.5. The fourth-order valence-electron chi connectivity index (χ4n) is 1.45. The molecule has 1 heterocycles. The lowest BCUT2D eigenvalue weighted by Crippen LogP contribution is -2.21. The Balaban J connectivity index is 3.44. The molecule has 1 N–H and O–H groups in total. The van der Waals surface area contributed by atoms with Gasteiger partial charge in [0, 0.05) is 6.20 Å². The van der Waals surface area contributed by atoms with Crippen LogP contribution in [0.5, 0.6) is 5.75 Å². The summed E-state index contributed by atoms with van der Waals surface area (Å²) in [5.74, 6) is -3.34. The highest BCUT2D eigenvalue weighted by Gasteiger charge is 2.36. The lowest BCUT2D eigenvalue weighted by molar-refractivity contribution is -0.275. The second-order valence-corrected chi connectivity index (χ2v) is 3.79. The molecule has 20 heavy (non-hydrogen) atoms. The second-order valence-electron chi connectivity index (χ2n) is 3.53. The summed E-state index contributed by atoms with van der Waals surface area (Å²) in [6.07, 6.45) is -8.76. The first-order valence-corrected chi connectivity index (χ1v) is 5.51. The van der Waals surface area contributed by atoms with Gasteiger partial charge in [0.05, 0.1) is 23.6 Å². The van der Waals surface area contributed by atoms with E-state index in [2.05, 4.69) is 9.72 Å². The highest BCUT2D eigenvalue weighted by atomic mass is 35.5. The number of ether oxygens (including phenoxy) is 1. The third-order valence-corrected chi connectivity index (χ3v) is 2.39. The van der Waals surface area contributed by atoms with Crippen LogP contribution in [0.15, 0.2) is 6.20 Å². The number of hydrogen-bond acceptors (Lipinski definition) is 3. The van der Waals surface area contributed by atoms with E-state index in [1.165, 1.54) is 0 Å². The summed E-state index contributed by atoms with van der Waals surface area (Å²) in [6, 6.07) is 0. The smallest absolute Gasteiger partial charge is 0.481 e. The van der Waals surface area contributed by atoms with Gasteiger partial charge >= 0.3 is 12.3 Å². The van der Waals surface area contributed by atoms with Gasteiger partial charge in [-0.3, -0.25) is 9.78 Å². The first-order valence-electron chi connectivity index (χ1n) is 4.98. The zero-order valence-corrected chi connectivity index (χ0v) is 10.3. The molecule has 10 heteroatoms. The van der Waals surface area contributed by atoms with Crippen molar-refractivity contribution in [3.8, 4) is 5.75 Å². The predicted molar refractivity (Wildman–Crippen MR) is 56.8 cm³/mol. The second kappa shape index (κ2) is 6.21. The van der Waals surface area contributed by atoms with Gasteiger partial charge in [0.2, 0.25) is 0 Å². The molecule has 0 fully saturated rings. The van der Waals surface area contributed by atoms with Gasteiger partial charge < -0.3 is 9.84 Å². The van der Waals surface area contributed by atoms with Gasteiger partial charge in [-0.15, -0.1) is 24.8 Å². The van der Waals surface area contributed by atoms with Crippen LogP contribution in [0.4, 0.5) is 22.0 Å². The van der Waals surface area contributed by atoms with Crippen LogP contribution in [0.3, 0.4) is 0 Å². The van der Waals surface area contributed by atoms with Crippen molar-refractivity contribution in [2.24, 2.45) is 0 Å². The first-order chi connectivity index (χ1) is 9.15. The Morgan fingerprint density at radius 2 is 2.05 bits per heavy atom. The van der Waals surface area contributed by atoms with E-state index in [-0.39, 0.29) is 0 Å². The zero-order valence-electron chi connectivity index (χ0n) is 9.55. The molecule has 0 aliphatic heterocycles. The molecule has 0 amide bonds. The summed E-state index contributed by atoms with van der Waals surface area (Å²) in [5, 5.41) is 8.56. The van der Waals surface area contributed by atoms with E-state index in [1.807, 2.05) is 0 Å². The first kappa shape index (κ1) is 16.4. The maximum atomic E-state index is 12.9. The van der Waals surface area contributed by atoms with Gasteiger partial charge in [-0.2, -0.15) is 0 Å². The SMILES string of the molecule is O=C(O)Cc1cnc(CCl)c(OC(F)(F)F)c1C(F)F. The quantitative estimate of drug-likeness (QED) is 0.668. The largest absolute Gasteiger partial charge is 0.573 e. The average Bonchev–Trinajstić information content (AvgIpc) is 2.25. The molecule has 0 radical (unpaired) electrons. The van der Waals surface area contributed by atoms with Crippen molar-refractivity contribution < 1.29 is 36.6 Å². The van der Waals surface area contributed by atoms with E-state index in [0.29, 0.717) is 0 Å². The average molecular weight is 320 g/mol. The van der Waals surface area contributed by atoms with Crippen molar-refractivity contribution in [1.82, 2.24) is 4.98 Å². The van der Waals surface area contributed by atoms with Crippen LogP contribution < -0.4 is 4.74 Å². The fraction of sp³-hybridized carbons (Fsp3) is 0.400. The molecule has 0 saturated heterocycles. The number of carbonyl (C=O) groups is 1. The van der Waals surface area contributed by atoms with Crippen molar-refractivity contribution in [1.29, 1.82) is 0 Å². The van der Waals surface area contributed by atoms with Crippen LogP contribution in [0.1, 0.15) is 23.2 Å².